The number of carbonyl (C=O) groups is 3. The summed E-state index contributed by atoms with van der Waals surface area (Å²) in [5, 5.41) is 0. The third-order valence-corrected chi connectivity index (χ3v) is 9.91. The van der Waals surface area contributed by atoms with Crippen LogP contribution in [0.25, 0.3) is 0 Å². The first kappa shape index (κ1) is 31.0. The van der Waals surface area contributed by atoms with E-state index in [0.29, 0.717) is 30.3 Å². The van der Waals surface area contributed by atoms with Gasteiger partial charge < -0.3 is 9.47 Å². The van der Waals surface area contributed by atoms with Crippen molar-refractivity contribution in [1.29, 1.82) is 0 Å². The van der Waals surface area contributed by atoms with Gasteiger partial charge in [0.1, 0.15) is 6.29 Å². The van der Waals surface area contributed by atoms with Gasteiger partial charge in [-0.1, -0.05) is 13.8 Å². The Hall–Kier alpha value is -2.53. The van der Waals surface area contributed by atoms with Gasteiger partial charge in [-0.25, -0.2) is 9.98 Å². The number of Topliss-reactive ketones (excluding diaryl/α,β-unsaturated/α-hetero) is 1. The SMILES string of the molecule is CC(C)N=C=NC(C)C.COC1=CC2=C(C=O)C[C@@H]3[C@H](CC[C@@]4(C)[C@H]3CC[C@]4(OC(C)=O)C(C)=O)[C@@]2(C)CC1. The largest absolute Gasteiger partial charge is 0.501 e. The number of nitrogens with zero attached hydrogens (tertiary/aromatic N) is 2. The smallest absolute Gasteiger partial charge is 0.303 e. The lowest BCUT2D eigenvalue weighted by atomic mass is 9.46. The van der Waals surface area contributed by atoms with E-state index in [-0.39, 0.29) is 28.5 Å². The Morgan fingerprint density at radius 1 is 1.03 bits per heavy atom. The molecule has 0 aromatic heterocycles. The second-order valence-corrected chi connectivity index (χ2v) is 12.9. The molecule has 39 heavy (non-hydrogen) atoms. The van der Waals surface area contributed by atoms with E-state index in [1.807, 2.05) is 27.7 Å². The molecule has 4 rings (SSSR count). The molecule has 0 saturated heterocycles. The van der Waals surface area contributed by atoms with E-state index in [1.165, 1.54) is 6.92 Å². The Kier molecular flexibility index (Phi) is 9.47. The van der Waals surface area contributed by atoms with Crippen molar-refractivity contribution >= 4 is 24.0 Å². The van der Waals surface area contributed by atoms with E-state index >= 15 is 0 Å². The Morgan fingerprint density at radius 3 is 2.15 bits per heavy atom. The highest BCUT2D eigenvalue weighted by Gasteiger charge is 2.67. The van der Waals surface area contributed by atoms with Gasteiger partial charge >= 0.3 is 5.97 Å². The van der Waals surface area contributed by atoms with Gasteiger partial charge in [0.2, 0.25) is 0 Å². The molecule has 0 aromatic carbocycles. The van der Waals surface area contributed by atoms with E-state index in [0.717, 1.165) is 61.7 Å². The van der Waals surface area contributed by atoms with Crippen LogP contribution in [0.5, 0.6) is 0 Å². The number of aldehydes is 1. The number of ether oxygens (including phenoxy) is 2. The van der Waals surface area contributed by atoms with Crippen molar-refractivity contribution in [3.63, 3.8) is 0 Å². The summed E-state index contributed by atoms with van der Waals surface area (Å²) in [6.45, 7) is 15.4. The fourth-order valence-corrected chi connectivity index (χ4v) is 8.09. The number of allylic oxidation sites excluding steroid dienone is 4. The molecule has 0 aliphatic heterocycles. The molecular weight excluding hydrogens is 492 g/mol. The minimum absolute atomic E-state index is 0.0413. The summed E-state index contributed by atoms with van der Waals surface area (Å²) in [4.78, 5) is 44.8. The number of hydrogen-bond acceptors (Lipinski definition) is 7. The summed E-state index contributed by atoms with van der Waals surface area (Å²) in [6, 6.07) is 3.26. The first-order valence-corrected chi connectivity index (χ1v) is 14.5. The first-order valence-electron chi connectivity index (χ1n) is 14.5. The van der Waals surface area contributed by atoms with Crippen molar-refractivity contribution in [2.75, 3.05) is 7.11 Å². The van der Waals surface area contributed by atoms with Crippen LogP contribution in [0.2, 0.25) is 0 Å². The molecule has 4 aliphatic carbocycles. The molecule has 0 spiro atoms. The number of aliphatic imine (C=N–C) groups is 2. The fraction of sp³-hybridized carbons (Fsp3) is 0.750. The number of hydrogen-bond donors (Lipinski definition) is 0. The maximum Gasteiger partial charge on any atom is 0.303 e. The normalized spacial score (nSPS) is 34.8. The second kappa shape index (κ2) is 11.9. The number of carbonyl (C=O) groups excluding carboxylic acids is 3. The van der Waals surface area contributed by atoms with Gasteiger partial charge in [-0.05, 0) is 114 Å². The Labute approximate surface area is 234 Å². The molecule has 0 heterocycles. The molecule has 0 unspecified atom stereocenters. The number of esters is 1. The van der Waals surface area contributed by atoms with E-state index in [2.05, 4.69) is 35.9 Å². The predicted octanol–water partition coefficient (Wildman–Crippen LogP) is 6.53. The molecule has 2 saturated carbocycles. The van der Waals surface area contributed by atoms with Crippen LogP contribution in [0.4, 0.5) is 0 Å². The second-order valence-electron chi connectivity index (χ2n) is 12.9. The monoisotopic (exact) mass is 540 g/mol. The third-order valence-electron chi connectivity index (χ3n) is 9.91. The van der Waals surface area contributed by atoms with Crippen LogP contribution in [0.15, 0.2) is 33.0 Å². The molecule has 2 fully saturated rings. The van der Waals surface area contributed by atoms with Crippen molar-refractivity contribution < 1.29 is 23.9 Å². The molecule has 6 atom stereocenters. The molecule has 7 nitrogen and oxygen atoms in total. The van der Waals surface area contributed by atoms with Gasteiger partial charge in [0.15, 0.2) is 11.4 Å². The lowest BCUT2D eigenvalue weighted by Gasteiger charge is -2.58. The van der Waals surface area contributed by atoms with Gasteiger partial charge in [0.25, 0.3) is 0 Å². The van der Waals surface area contributed by atoms with Crippen LogP contribution < -0.4 is 0 Å². The summed E-state index contributed by atoms with van der Waals surface area (Å²) in [6.07, 6.45) is 9.03. The average molecular weight is 541 g/mol. The summed E-state index contributed by atoms with van der Waals surface area (Å²) in [5.41, 5.74) is 0.573. The van der Waals surface area contributed by atoms with Crippen LogP contribution in [0, 0.1) is 28.6 Å². The molecule has 0 N–H and O–H groups in total. The highest BCUT2D eigenvalue weighted by molar-refractivity contribution is 5.89. The first-order chi connectivity index (χ1) is 18.3. The molecule has 0 aromatic rings. The number of fused-ring (bicyclic) bond motifs is 5. The Bertz CT molecular complexity index is 1090. The van der Waals surface area contributed by atoms with Gasteiger partial charge in [0.05, 0.1) is 31.0 Å². The Morgan fingerprint density at radius 2 is 1.64 bits per heavy atom. The van der Waals surface area contributed by atoms with Crippen LogP contribution >= 0.6 is 0 Å². The van der Waals surface area contributed by atoms with E-state index < -0.39 is 5.60 Å². The molecule has 4 aliphatic rings. The lowest BCUT2D eigenvalue weighted by Crippen LogP contribution is -2.58. The summed E-state index contributed by atoms with van der Waals surface area (Å²) in [5.74, 6) is 1.58. The third kappa shape index (κ3) is 5.70. The molecule has 7 heteroatoms. The van der Waals surface area contributed by atoms with Gasteiger partial charge in [-0.3, -0.25) is 14.4 Å². The van der Waals surface area contributed by atoms with Crippen LogP contribution in [-0.2, 0) is 23.9 Å². The fourth-order valence-electron chi connectivity index (χ4n) is 8.09. The Balaban J connectivity index is 0.000000403. The highest BCUT2D eigenvalue weighted by atomic mass is 16.6. The van der Waals surface area contributed by atoms with Crippen molar-refractivity contribution in [2.45, 2.75) is 118 Å². The van der Waals surface area contributed by atoms with Crippen LogP contribution in [0.1, 0.15) is 100 Å². The summed E-state index contributed by atoms with van der Waals surface area (Å²) >= 11 is 0. The number of rotatable bonds is 6. The number of ketones is 1. The maximum absolute atomic E-state index is 12.8. The molecule has 216 valence electrons. The summed E-state index contributed by atoms with van der Waals surface area (Å²) in [7, 11) is 1.70. The van der Waals surface area contributed by atoms with Crippen molar-refractivity contribution in [1.82, 2.24) is 0 Å². The predicted molar refractivity (Wildman–Crippen MR) is 152 cm³/mol. The minimum atomic E-state index is -1.03. The molecule has 0 radical (unpaired) electrons. The zero-order valence-corrected chi connectivity index (χ0v) is 25.4. The van der Waals surface area contributed by atoms with Gasteiger partial charge in [-0.2, -0.15) is 0 Å². The molecular formula is C32H48N2O5. The maximum atomic E-state index is 12.8. The van der Waals surface area contributed by atoms with E-state index in [1.54, 1.807) is 14.0 Å². The standard InChI is InChI=1S/C25H34O5.C7H14N2/c1-15(27)25(30-16(2)28)11-8-21-19-12-17(14-26)22-13-18(29-5)6-9-23(22,3)20(19)7-10-24(21,25)4;1-6(2)8-5-9-7(3)4/h13-14,19-21H,6-12H2,1-5H3;6-7H,1-4H3/t19-,20+,21+,23-,24+,25+;/m1./s1. The van der Waals surface area contributed by atoms with E-state index in [9.17, 15) is 14.4 Å². The molecule has 0 bridgehead atoms. The highest BCUT2D eigenvalue weighted by Crippen LogP contribution is 2.68. The lowest BCUT2D eigenvalue weighted by molar-refractivity contribution is -0.186. The zero-order chi connectivity index (χ0) is 29.2. The quantitative estimate of drug-likeness (QED) is 0.217. The van der Waals surface area contributed by atoms with Gasteiger partial charge in [0, 0.05) is 18.8 Å². The minimum Gasteiger partial charge on any atom is -0.501 e. The summed E-state index contributed by atoms with van der Waals surface area (Å²) < 4.78 is 11.3. The topological polar surface area (TPSA) is 94.4 Å². The van der Waals surface area contributed by atoms with E-state index in [4.69, 9.17) is 9.47 Å². The van der Waals surface area contributed by atoms with Crippen molar-refractivity contribution in [3.8, 4) is 0 Å². The van der Waals surface area contributed by atoms with Crippen LogP contribution in [0.3, 0.4) is 0 Å². The van der Waals surface area contributed by atoms with Crippen molar-refractivity contribution in [2.24, 2.45) is 38.6 Å². The van der Waals surface area contributed by atoms with Gasteiger partial charge in [-0.15, -0.1) is 0 Å². The van der Waals surface area contributed by atoms with Crippen LogP contribution in [-0.4, -0.2) is 48.8 Å². The number of methoxy groups -OCH3 is 1. The van der Waals surface area contributed by atoms with Crippen molar-refractivity contribution in [3.05, 3.63) is 23.0 Å². The average Bonchev–Trinajstić information content (AvgIpc) is 3.15. The zero-order valence-electron chi connectivity index (χ0n) is 25.4. The molecule has 0 amide bonds.